The Labute approximate surface area is 229 Å². The van der Waals surface area contributed by atoms with Crippen molar-refractivity contribution in [2.45, 2.75) is 64.2 Å². The van der Waals surface area contributed by atoms with E-state index in [1.54, 1.807) is 6.07 Å². The minimum Gasteiger partial charge on any atom is -0.341 e. The first-order valence-electron chi connectivity index (χ1n) is 13.8. The molecular formula is C28H33F4N5O3. The predicted molar refractivity (Wildman–Crippen MR) is 138 cm³/mol. The van der Waals surface area contributed by atoms with Crippen LogP contribution < -0.4 is 10.6 Å². The van der Waals surface area contributed by atoms with Crippen LogP contribution in [0.5, 0.6) is 0 Å². The zero-order valence-corrected chi connectivity index (χ0v) is 22.4. The van der Waals surface area contributed by atoms with Crippen LogP contribution in [0.1, 0.15) is 61.5 Å². The lowest BCUT2D eigenvalue weighted by Crippen LogP contribution is -2.56. The number of halogens is 4. The summed E-state index contributed by atoms with van der Waals surface area (Å²) in [6.45, 7) is 3.05. The van der Waals surface area contributed by atoms with Crippen molar-refractivity contribution in [1.29, 1.82) is 0 Å². The van der Waals surface area contributed by atoms with Crippen LogP contribution in [0, 0.1) is 29.5 Å². The van der Waals surface area contributed by atoms with Crippen LogP contribution in [-0.4, -0.2) is 57.7 Å². The number of amides is 3. The number of rotatable bonds is 10. The molecule has 1 aliphatic heterocycles. The number of nitrogens with zero attached hydrogens (tertiary/aromatic N) is 3. The van der Waals surface area contributed by atoms with E-state index in [-0.39, 0.29) is 11.6 Å². The standard InChI is InChI=1S/C28H33F4N5O3/c1-3-37-22(10-11-33-37)25(38)35-24(23(16-4-5-16)17-6-7-17)26(39)34-21-9-8-18(12-20(21)29)15(2)27(40)36-13-19(14-36)28(30,31)32/h8-12,15-17,19,23-24H,3-7,13-14H2,1-2H3,(H,34,39)(H,35,38). The number of likely N-dealkylation sites (tertiary alicyclic amines) is 1. The van der Waals surface area contributed by atoms with E-state index in [0.29, 0.717) is 29.6 Å². The zero-order chi connectivity index (χ0) is 28.8. The van der Waals surface area contributed by atoms with Gasteiger partial charge in [-0.2, -0.15) is 18.3 Å². The number of benzene rings is 1. The summed E-state index contributed by atoms with van der Waals surface area (Å²) in [5, 5.41) is 9.65. The normalized spacial score (nSPS) is 19.2. The van der Waals surface area contributed by atoms with Gasteiger partial charge in [-0.25, -0.2) is 4.39 Å². The van der Waals surface area contributed by atoms with Gasteiger partial charge in [0.1, 0.15) is 17.6 Å². The highest BCUT2D eigenvalue weighted by Crippen LogP contribution is 2.51. The summed E-state index contributed by atoms with van der Waals surface area (Å²) in [6, 6.07) is 4.66. The van der Waals surface area contributed by atoms with E-state index in [1.807, 2.05) is 6.92 Å². The molecule has 5 rings (SSSR count). The maximum Gasteiger partial charge on any atom is 0.395 e. The van der Waals surface area contributed by atoms with Gasteiger partial charge in [0, 0.05) is 25.8 Å². The lowest BCUT2D eigenvalue weighted by molar-refractivity contribution is -0.210. The molecule has 2 aliphatic carbocycles. The van der Waals surface area contributed by atoms with Gasteiger partial charge in [0.05, 0.1) is 17.5 Å². The number of carbonyl (C=O) groups is 3. The van der Waals surface area contributed by atoms with Gasteiger partial charge in [-0.15, -0.1) is 0 Å². The second-order valence-corrected chi connectivity index (χ2v) is 11.2. The van der Waals surface area contributed by atoms with E-state index >= 15 is 4.39 Å². The van der Waals surface area contributed by atoms with E-state index in [1.165, 1.54) is 29.9 Å². The molecule has 3 amide bonds. The fourth-order valence-corrected chi connectivity index (χ4v) is 5.62. The molecule has 0 bridgehead atoms. The van der Waals surface area contributed by atoms with Crippen molar-refractivity contribution in [2.75, 3.05) is 18.4 Å². The molecule has 3 aliphatic rings. The van der Waals surface area contributed by atoms with Crippen molar-refractivity contribution in [1.82, 2.24) is 20.0 Å². The molecule has 0 spiro atoms. The van der Waals surface area contributed by atoms with Gasteiger partial charge in [0.15, 0.2) is 0 Å². The molecule has 2 saturated carbocycles. The molecule has 40 heavy (non-hydrogen) atoms. The SMILES string of the molecule is CCn1nccc1C(=O)NC(C(=O)Nc1ccc(C(C)C(=O)N2CC(C(F)(F)F)C2)cc1F)C(C1CC1)C1CC1. The molecule has 1 saturated heterocycles. The zero-order valence-electron chi connectivity index (χ0n) is 22.4. The van der Waals surface area contributed by atoms with Gasteiger partial charge in [-0.1, -0.05) is 6.07 Å². The van der Waals surface area contributed by atoms with Crippen molar-refractivity contribution in [3.63, 3.8) is 0 Å². The molecule has 2 unspecified atom stereocenters. The minimum absolute atomic E-state index is 0.0565. The topological polar surface area (TPSA) is 96.3 Å². The van der Waals surface area contributed by atoms with E-state index < -0.39 is 60.7 Å². The monoisotopic (exact) mass is 563 g/mol. The lowest BCUT2D eigenvalue weighted by atomic mass is 9.88. The van der Waals surface area contributed by atoms with E-state index in [9.17, 15) is 27.6 Å². The molecule has 2 aromatic rings. The third-order valence-electron chi connectivity index (χ3n) is 8.31. The van der Waals surface area contributed by atoms with Crippen LogP contribution in [0.25, 0.3) is 0 Å². The first-order valence-corrected chi connectivity index (χ1v) is 13.8. The highest BCUT2D eigenvalue weighted by atomic mass is 19.4. The largest absolute Gasteiger partial charge is 0.395 e. The fraction of sp³-hybridized carbons (Fsp3) is 0.571. The van der Waals surface area contributed by atoms with Gasteiger partial charge in [0.25, 0.3) is 5.91 Å². The molecule has 1 aromatic heterocycles. The van der Waals surface area contributed by atoms with Gasteiger partial charge in [-0.3, -0.25) is 19.1 Å². The van der Waals surface area contributed by atoms with Crippen molar-refractivity contribution in [2.24, 2.45) is 23.7 Å². The van der Waals surface area contributed by atoms with Crippen LogP contribution in [0.2, 0.25) is 0 Å². The number of hydrogen-bond acceptors (Lipinski definition) is 4. The number of anilines is 1. The molecular weight excluding hydrogens is 530 g/mol. The summed E-state index contributed by atoms with van der Waals surface area (Å²) in [6.07, 6.45) is 1.07. The lowest BCUT2D eigenvalue weighted by Gasteiger charge is -2.41. The van der Waals surface area contributed by atoms with Crippen molar-refractivity contribution in [3.05, 3.63) is 47.5 Å². The molecule has 1 aromatic carbocycles. The fourth-order valence-electron chi connectivity index (χ4n) is 5.62. The van der Waals surface area contributed by atoms with Crippen LogP contribution in [0.15, 0.2) is 30.5 Å². The van der Waals surface area contributed by atoms with E-state index in [0.717, 1.165) is 36.6 Å². The molecule has 2 N–H and O–H groups in total. The van der Waals surface area contributed by atoms with E-state index in [4.69, 9.17) is 0 Å². The van der Waals surface area contributed by atoms with Crippen LogP contribution >= 0.6 is 0 Å². The number of carbonyl (C=O) groups excluding carboxylic acids is 3. The Kier molecular flexibility index (Phi) is 7.62. The van der Waals surface area contributed by atoms with Crippen molar-refractivity contribution < 1.29 is 31.9 Å². The Morgan fingerprint density at radius 2 is 1.73 bits per heavy atom. The number of hydrogen-bond donors (Lipinski definition) is 2. The van der Waals surface area contributed by atoms with E-state index in [2.05, 4.69) is 15.7 Å². The average molecular weight is 564 g/mol. The van der Waals surface area contributed by atoms with Crippen molar-refractivity contribution in [3.8, 4) is 0 Å². The summed E-state index contributed by atoms with van der Waals surface area (Å²) in [5.74, 6) is -4.04. The smallest absolute Gasteiger partial charge is 0.341 e. The molecule has 12 heteroatoms. The first kappa shape index (κ1) is 28.1. The first-order chi connectivity index (χ1) is 19.0. The maximum absolute atomic E-state index is 15.2. The Balaban J connectivity index is 1.28. The predicted octanol–water partition coefficient (Wildman–Crippen LogP) is 4.34. The minimum atomic E-state index is -4.35. The van der Waals surface area contributed by atoms with Gasteiger partial charge < -0.3 is 15.5 Å². The Morgan fingerprint density at radius 3 is 2.27 bits per heavy atom. The van der Waals surface area contributed by atoms with Gasteiger partial charge in [-0.05, 0) is 81.0 Å². The Bertz CT molecular complexity index is 1270. The summed E-state index contributed by atoms with van der Waals surface area (Å²) in [4.78, 5) is 40.4. The highest BCUT2D eigenvalue weighted by molar-refractivity contribution is 6.01. The second-order valence-electron chi connectivity index (χ2n) is 11.2. The molecule has 8 nitrogen and oxygen atoms in total. The average Bonchev–Trinajstić information content (AvgIpc) is 3.81. The Hall–Kier alpha value is -3.44. The Morgan fingerprint density at radius 1 is 1.07 bits per heavy atom. The van der Waals surface area contributed by atoms with Gasteiger partial charge >= 0.3 is 6.18 Å². The summed E-state index contributed by atoms with van der Waals surface area (Å²) < 4.78 is 55.1. The molecule has 3 fully saturated rings. The number of alkyl halides is 3. The number of nitrogens with one attached hydrogen (secondary N) is 2. The van der Waals surface area contributed by atoms with Crippen LogP contribution in [0.3, 0.4) is 0 Å². The van der Waals surface area contributed by atoms with Crippen LogP contribution in [0.4, 0.5) is 23.2 Å². The van der Waals surface area contributed by atoms with Gasteiger partial charge in [0.2, 0.25) is 11.8 Å². The number of aryl methyl sites for hydroxylation is 1. The number of aromatic nitrogens is 2. The third-order valence-corrected chi connectivity index (χ3v) is 8.31. The summed E-state index contributed by atoms with van der Waals surface area (Å²) in [7, 11) is 0. The summed E-state index contributed by atoms with van der Waals surface area (Å²) in [5.41, 5.74) is 0.531. The molecule has 0 radical (unpaired) electrons. The highest BCUT2D eigenvalue weighted by Gasteiger charge is 2.50. The maximum atomic E-state index is 15.2. The van der Waals surface area contributed by atoms with Crippen LogP contribution in [-0.2, 0) is 16.1 Å². The molecule has 2 heterocycles. The van der Waals surface area contributed by atoms with Crippen molar-refractivity contribution >= 4 is 23.4 Å². The second kappa shape index (κ2) is 10.9. The molecule has 216 valence electrons. The summed E-state index contributed by atoms with van der Waals surface area (Å²) >= 11 is 0. The molecule has 2 atom stereocenters. The third kappa shape index (κ3) is 5.85. The quantitative estimate of drug-likeness (QED) is 0.421.